The Kier molecular flexibility index (Phi) is 5.52. The maximum Gasteiger partial charge on any atom is 0.416 e. The largest absolute Gasteiger partial charge is 0.497 e. The van der Waals surface area contributed by atoms with Gasteiger partial charge in [0.25, 0.3) is 10.0 Å². The minimum absolute atomic E-state index is 0.0275. The third kappa shape index (κ3) is 4.57. The summed E-state index contributed by atoms with van der Waals surface area (Å²) in [5.74, 6) is 0.800. The number of anilines is 1. The van der Waals surface area contributed by atoms with Gasteiger partial charge in [-0.05, 0) is 53.9 Å². The van der Waals surface area contributed by atoms with Crippen molar-refractivity contribution in [2.24, 2.45) is 0 Å². The zero-order chi connectivity index (χ0) is 20.4. The predicted octanol–water partition coefficient (Wildman–Crippen LogP) is 5.37. The number of alkyl halides is 3. The fourth-order valence-electron chi connectivity index (χ4n) is 2.26. The number of hydrogen-bond acceptors (Lipinski definition) is 5. The standard InChI is InChI=1S/C18H14F3NO4S2/c1-25-13-5-7-14(8-6-13)26-16-9-4-12(18(19,20)21)11-15(16)22-28(23,24)17-3-2-10-27-17/h2-11,22H,1H3. The lowest BCUT2D eigenvalue weighted by Gasteiger charge is -2.16. The Morgan fingerprint density at radius 3 is 2.25 bits per heavy atom. The second-order valence-electron chi connectivity index (χ2n) is 5.52. The van der Waals surface area contributed by atoms with Crippen LogP contribution in [-0.4, -0.2) is 15.5 Å². The second-order valence-corrected chi connectivity index (χ2v) is 8.38. The smallest absolute Gasteiger partial charge is 0.416 e. The Labute approximate surface area is 163 Å². The molecule has 28 heavy (non-hydrogen) atoms. The Bertz CT molecular complexity index is 1050. The highest BCUT2D eigenvalue weighted by molar-refractivity contribution is 7.94. The summed E-state index contributed by atoms with van der Waals surface area (Å²) in [5, 5.41) is 1.55. The summed E-state index contributed by atoms with van der Waals surface area (Å²) in [5.41, 5.74) is -1.32. The van der Waals surface area contributed by atoms with Crippen LogP contribution in [0, 0.1) is 0 Å². The molecule has 3 rings (SSSR count). The van der Waals surface area contributed by atoms with Crippen molar-refractivity contribution in [3.8, 4) is 17.2 Å². The molecule has 2 aromatic carbocycles. The minimum Gasteiger partial charge on any atom is -0.497 e. The summed E-state index contributed by atoms with van der Waals surface area (Å²) >= 11 is 0.945. The van der Waals surface area contributed by atoms with E-state index in [0.29, 0.717) is 17.6 Å². The predicted molar refractivity (Wildman–Crippen MR) is 99.6 cm³/mol. The first kappa shape index (κ1) is 20.0. The van der Waals surface area contributed by atoms with Crippen molar-refractivity contribution < 1.29 is 31.1 Å². The van der Waals surface area contributed by atoms with Gasteiger partial charge in [-0.25, -0.2) is 8.42 Å². The normalized spacial score (nSPS) is 11.9. The van der Waals surface area contributed by atoms with E-state index >= 15 is 0 Å². The van der Waals surface area contributed by atoms with Gasteiger partial charge in [0.05, 0.1) is 18.4 Å². The van der Waals surface area contributed by atoms with Crippen LogP contribution in [0.4, 0.5) is 18.9 Å². The van der Waals surface area contributed by atoms with Gasteiger partial charge in [0, 0.05) is 0 Å². The summed E-state index contributed by atoms with van der Waals surface area (Å²) in [7, 11) is -2.57. The highest BCUT2D eigenvalue weighted by atomic mass is 32.2. The van der Waals surface area contributed by atoms with Gasteiger partial charge in [-0.15, -0.1) is 11.3 Å². The molecule has 0 amide bonds. The van der Waals surface area contributed by atoms with Crippen LogP contribution in [0.3, 0.4) is 0 Å². The first-order valence-corrected chi connectivity index (χ1v) is 10.1. The molecular weight excluding hydrogens is 415 g/mol. The maximum absolute atomic E-state index is 13.1. The molecule has 0 saturated carbocycles. The number of hydrogen-bond donors (Lipinski definition) is 1. The van der Waals surface area contributed by atoms with E-state index in [2.05, 4.69) is 4.72 Å². The highest BCUT2D eigenvalue weighted by Crippen LogP contribution is 2.38. The molecule has 10 heteroatoms. The van der Waals surface area contributed by atoms with Crippen molar-refractivity contribution in [2.75, 3.05) is 11.8 Å². The topological polar surface area (TPSA) is 64.6 Å². The van der Waals surface area contributed by atoms with Crippen LogP contribution in [0.2, 0.25) is 0 Å². The van der Waals surface area contributed by atoms with Crippen LogP contribution in [-0.2, 0) is 16.2 Å². The molecule has 0 aliphatic heterocycles. The van der Waals surface area contributed by atoms with Gasteiger partial charge in [-0.3, -0.25) is 4.72 Å². The fourth-order valence-corrected chi connectivity index (χ4v) is 4.31. The van der Waals surface area contributed by atoms with E-state index in [1.165, 1.54) is 19.2 Å². The number of sulfonamides is 1. The monoisotopic (exact) mass is 429 g/mol. The van der Waals surface area contributed by atoms with Crippen molar-refractivity contribution >= 4 is 27.0 Å². The molecule has 0 aliphatic rings. The number of halogens is 3. The van der Waals surface area contributed by atoms with Crippen LogP contribution >= 0.6 is 11.3 Å². The summed E-state index contributed by atoms with van der Waals surface area (Å²) in [6.45, 7) is 0. The van der Waals surface area contributed by atoms with Crippen molar-refractivity contribution in [1.82, 2.24) is 0 Å². The van der Waals surface area contributed by atoms with E-state index in [9.17, 15) is 21.6 Å². The van der Waals surface area contributed by atoms with Gasteiger partial charge in [-0.1, -0.05) is 6.07 Å². The molecule has 0 saturated heterocycles. The van der Waals surface area contributed by atoms with E-state index in [0.717, 1.165) is 23.5 Å². The summed E-state index contributed by atoms with van der Waals surface area (Å²) in [4.78, 5) is 0. The van der Waals surface area contributed by atoms with Crippen molar-refractivity contribution in [3.05, 3.63) is 65.5 Å². The lowest BCUT2D eigenvalue weighted by Crippen LogP contribution is -2.13. The van der Waals surface area contributed by atoms with Crippen molar-refractivity contribution in [3.63, 3.8) is 0 Å². The van der Waals surface area contributed by atoms with Gasteiger partial charge < -0.3 is 9.47 Å². The first-order valence-electron chi connectivity index (χ1n) is 7.78. The molecule has 0 radical (unpaired) electrons. The van der Waals surface area contributed by atoms with E-state index in [4.69, 9.17) is 9.47 Å². The molecule has 1 N–H and O–H groups in total. The average Bonchev–Trinajstić information content (AvgIpc) is 3.18. The molecule has 1 heterocycles. The van der Waals surface area contributed by atoms with E-state index in [-0.39, 0.29) is 15.6 Å². The average molecular weight is 429 g/mol. The summed E-state index contributed by atoms with van der Waals surface area (Å²) in [6, 6.07) is 11.8. The van der Waals surface area contributed by atoms with Crippen LogP contribution in [0.15, 0.2) is 64.2 Å². The van der Waals surface area contributed by atoms with Gasteiger partial charge in [0.2, 0.25) is 0 Å². The number of ether oxygens (including phenoxy) is 2. The number of methoxy groups -OCH3 is 1. The Balaban J connectivity index is 1.98. The molecule has 5 nitrogen and oxygen atoms in total. The third-order valence-electron chi connectivity index (χ3n) is 3.60. The second kappa shape index (κ2) is 7.72. The molecule has 0 fully saturated rings. The lowest BCUT2D eigenvalue weighted by molar-refractivity contribution is -0.137. The molecule has 0 aliphatic carbocycles. The molecule has 0 spiro atoms. The molecule has 1 aromatic heterocycles. The quantitative estimate of drug-likeness (QED) is 0.572. The van der Waals surface area contributed by atoms with Crippen molar-refractivity contribution in [2.45, 2.75) is 10.4 Å². The number of nitrogens with one attached hydrogen (secondary N) is 1. The van der Waals surface area contributed by atoms with Crippen LogP contribution in [0.1, 0.15) is 5.56 Å². The minimum atomic E-state index is -4.64. The number of rotatable bonds is 6. The Morgan fingerprint density at radius 1 is 1.00 bits per heavy atom. The van der Waals surface area contributed by atoms with Gasteiger partial charge in [-0.2, -0.15) is 13.2 Å². The molecule has 3 aromatic rings. The SMILES string of the molecule is COc1ccc(Oc2ccc(C(F)(F)F)cc2NS(=O)(=O)c2cccs2)cc1. The summed E-state index contributed by atoms with van der Waals surface area (Å²) in [6.07, 6.45) is -4.64. The highest BCUT2D eigenvalue weighted by Gasteiger charge is 2.32. The third-order valence-corrected chi connectivity index (χ3v) is 6.36. The van der Waals surface area contributed by atoms with E-state index < -0.39 is 21.8 Å². The molecule has 148 valence electrons. The maximum atomic E-state index is 13.1. The van der Waals surface area contributed by atoms with Gasteiger partial charge in [0.15, 0.2) is 5.75 Å². The van der Waals surface area contributed by atoms with Crippen LogP contribution < -0.4 is 14.2 Å². The molecule has 0 bridgehead atoms. The van der Waals surface area contributed by atoms with E-state index in [1.54, 1.807) is 29.6 Å². The van der Waals surface area contributed by atoms with Gasteiger partial charge in [0.1, 0.15) is 15.7 Å². The molecule has 0 atom stereocenters. The first-order chi connectivity index (χ1) is 13.2. The zero-order valence-corrected chi connectivity index (χ0v) is 16.0. The summed E-state index contributed by atoms with van der Waals surface area (Å²) < 4.78 is 77.0. The van der Waals surface area contributed by atoms with Gasteiger partial charge >= 0.3 is 6.18 Å². The Hall–Kier alpha value is -2.72. The molecular formula is C18H14F3NO4S2. The van der Waals surface area contributed by atoms with Crippen LogP contribution in [0.5, 0.6) is 17.2 Å². The van der Waals surface area contributed by atoms with Crippen LogP contribution in [0.25, 0.3) is 0 Å². The number of benzene rings is 2. The molecule has 0 unspecified atom stereocenters. The Morgan fingerprint density at radius 2 is 1.68 bits per heavy atom. The van der Waals surface area contributed by atoms with Crippen molar-refractivity contribution in [1.29, 1.82) is 0 Å². The lowest BCUT2D eigenvalue weighted by atomic mass is 10.2. The van der Waals surface area contributed by atoms with E-state index in [1.807, 2.05) is 0 Å². The fraction of sp³-hybridized carbons (Fsp3) is 0.111. The zero-order valence-electron chi connectivity index (χ0n) is 14.4. The number of thiophene rings is 1.